The van der Waals surface area contributed by atoms with Crippen molar-refractivity contribution >= 4 is 17.9 Å². The average molecular weight is 611 g/mol. The third-order valence-corrected chi connectivity index (χ3v) is 12.7. The molecular weight excluding hydrogens is 564 g/mol. The molecule has 0 radical (unpaired) electrons. The maximum Gasteiger partial charge on any atom is 0.331 e. The number of phenols is 1. The molecule has 4 saturated carbocycles. The van der Waals surface area contributed by atoms with Crippen LogP contribution in [0.25, 0.3) is 0 Å². The lowest BCUT2D eigenvalue weighted by atomic mass is 9.42. The zero-order valence-corrected chi connectivity index (χ0v) is 25.7. The van der Waals surface area contributed by atoms with Gasteiger partial charge in [-0.2, -0.15) is 0 Å². The lowest BCUT2D eigenvalue weighted by Gasteiger charge is -2.65. The van der Waals surface area contributed by atoms with Crippen LogP contribution in [0.15, 0.2) is 35.9 Å². The van der Waals surface area contributed by atoms with Crippen LogP contribution in [0.3, 0.4) is 0 Å². The first-order valence-electron chi connectivity index (χ1n) is 16.3. The van der Waals surface area contributed by atoms with E-state index in [1.165, 1.54) is 6.08 Å². The Morgan fingerprint density at radius 3 is 2.48 bits per heavy atom. The Bertz CT molecular complexity index is 1320. The number of phenolic OH excluding ortho intramolecular Hbond substituents is 1. The first-order valence-corrected chi connectivity index (χ1v) is 16.3. The van der Waals surface area contributed by atoms with E-state index in [9.17, 15) is 34.8 Å². The molecule has 240 valence electrons. The second kappa shape index (κ2) is 11.5. The molecule has 5 aliphatic rings. The maximum atomic E-state index is 13.5. The van der Waals surface area contributed by atoms with E-state index in [1.54, 1.807) is 24.3 Å². The molecular formula is C35H46O9. The second-order valence-electron chi connectivity index (χ2n) is 14.7. The van der Waals surface area contributed by atoms with E-state index in [-0.39, 0.29) is 55.0 Å². The molecule has 4 aliphatic carbocycles. The SMILES string of the molecule is C[C@]12C(OC(=O)CC(CC(=O)O)Cc3ccc(O)cc3)CCC[C@H]1CC[C@@H]1[C@@H]2C[C@@H](O)[C@]2(C)[C@@H](C3=CC(=O)OC3)CC[C@]12O. The molecule has 1 aromatic rings. The predicted molar refractivity (Wildman–Crippen MR) is 159 cm³/mol. The number of carbonyl (C=O) groups excluding carboxylic acids is 2. The largest absolute Gasteiger partial charge is 0.508 e. The van der Waals surface area contributed by atoms with Crippen LogP contribution in [0.4, 0.5) is 0 Å². The molecule has 9 heteroatoms. The van der Waals surface area contributed by atoms with Gasteiger partial charge in [0.25, 0.3) is 0 Å². The summed E-state index contributed by atoms with van der Waals surface area (Å²) in [6.45, 7) is 4.38. The minimum absolute atomic E-state index is 0.0270. The summed E-state index contributed by atoms with van der Waals surface area (Å²) in [4.78, 5) is 37.1. The van der Waals surface area contributed by atoms with Crippen LogP contribution in [0, 0.1) is 40.4 Å². The highest BCUT2D eigenvalue weighted by molar-refractivity contribution is 5.85. The number of aliphatic hydroxyl groups is 2. The van der Waals surface area contributed by atoms with Crippen LogP contribution in [-0.4, -0.2) is 62.7 Å². The Hall–Kier alpha value is -2.91. The summed E-state index contributed by atoms with van der Waals surface area (Å²) in [6.07, 6.45) is 6.64. The van der Waals surface area contributed by atoms with Gasteiger partial charge in [0.05, 0.1) is 11.7 Å². The second-order valence-corrected chi connectivity index (χ2v) is 14.7. The number of carboxylic acids is 1. The number of aliphatic carboxylic acids is 1. The van der Waals surface area contributed by atoms with E-state index in [2.05, 4.69) is 6.92 Å². The summed E-state index contributed by atoms with van der Waals surface area (Å²) >= 11 is 0. The number of carbonyl (C=O) groups is 3. The highest BCUT2D eigenvalue weighted by Crippen LogP contribution is 2.70. The van der Waals surface area contributed by atoms with Gasteiger partial charge >= 0.3 is 17.9 Å². The van der Waals surface area contributed by atoms with Crippen molar-refractivity contribution in [1.29, 1.82) is 0 Å². The van der Waals surface area contributed by atoms with Crippen LogP contribution in [0.5, 0.6) is 5.75 Å². The molecule has 9 nitrogen and oxygen atoms in total. The number of hydrogen-bond donors (Lipinski definition) is 4. The minimum Gasteiger partial charge on any atom is -0.508 e. The number of aromatic hydroxyl groups is 1. The molecule has 0 bridgehead atoms. The molecule has 10 atom stereocenters. The molecule has 0 saturated heterocycles. The average Bonchev–Trinajstić information content (AvgIpc) is 3.51. The first-order chi connectivity index (χ1) is 20.9. The smallest absolute Gasteiger partial charge is 0.331 e. The molecule has 0 amide bonds. The number of aliphatic hydroxyl groups excluding tert-OH is 1. The number of fused-ring (bicyclic) bond motifs is 5. The first kappa shape index (κ1) is 31.1. The van der Waals surface area contributed by atoms with Gasteiger partial charge in [0, 0.05) is 29.7 Å². The van der Waals surface area contributed by atoms with Crippen molar-refractivity contribution < 1.29 is 44.3 Å². The van der Waals surface area contributed by atoms with Crippen molar-refractivity contribution in [2.24, 2.45) is 40.4 Å². The monoisotopic (exact) mass is 610 g/mol. The highest BCUT2D eigenvalue weighted by Gasteiger charge is 2.71. The molecule has 2 unspecified atom stereocenters. The van der Waals surface area contributed by atoms with Crippen molar-refractivity contribution in [2.75, 3.05) is 6.61 Å². The number of ether oxygens (including phenoxy) is 2. The van der Waals surface area contributed by atoms with E-state index < -0.39 is 40.4 Å². The van der Waals surface area contributed by atoms with E-state index in [0.29, 0.717) is 38.0 Å². The normalized spacial score (nSPS) is 40.2. The van der Waals surface area contributed by atoms with Crippen molar-refractivity contribution in [3.63, 3.8) is 0 Å². The number of rotatable bonds is 8. The molecule has 0 aromatic heterocycles. The Balaban J connectivity index is 1.22. The van der Waals surface area contributed by atoms with Crippen LogP contribution in [-0.2, 0) is 30.3 Å². The standard InChI is InChI=1S/C35H46O9/c1-33-23(4-3-5-29(33)44-32(41)16-21(15-30(38)39)14-20-6-9-24(36)10-7-20)8-11-26-27(33)18-28(37)34(2)25(12-13-35(26,34)42)22-17-31(40)43-19-22/h6-7,9-10,17,21,23,25-29,36-37,42H,3-5,8,11-16,18-19H2,1-2H3,(H,38,39)/t21?,23-,25+,26+,27-,28+,29?,33-,34-,35-/m0/s1. The van der Waals surface area contributed by atoms with Crippen LogP contribution >= 0.6 is 0 Å². The summed E-state index contributed by atoms with van der Waals surface area (Å²) in [5.74, 6) is -2.05. The lowest BCUT2D eigenvalue weighted by molar-refractivity contribution is -0.258. The molecule has 1 aliphatic heterocycles. The zero-order chi connectivity index (χ0) is 31.4. The van der Waals surface area contributed by atoms with Gasteiger partial charge in [0.1, 0.15) is 18.5 Å². The number of benzene rings is 1. The van der Waals surface area contributed by atoms with Crippen LogP contribution in [0.1, 0.15) is 83.6 Å². The van der Waals surface area contributed by atoms with Gasteiger partial charge in [0.2, 0.25) is 0 Å². The Morgan fingerprint density at radius 1 is 1.05 bits per heavy atom. The molecule has 1 aromatic carbocycles. The van der Waals surface area contributed by atoms with Gasteiger partial charge in [-0.3, -0.25) is 9.59 Å². The summed E-state index contributed by atoms with van der Waals surface area (Å²) in [5, 5.41) is 43.6. The Morgan fingerprint density at radius 2 is 1.80 bits per heavy atom. The van der Waals surface area contributed by atoms with Crippen LogP contribution in [0.2, 0.25) is 0 Å². The number of hydrogen-bond acceptors (Lipinski definition) is 8. The van der Waals surface area contributed by atoms with Gasteiger partial charge in [-0.1, -0.05) is 26.0 Å². The summed E-state index contributed by atoms with van der Waals surface area (Å²) in [5.41, 5.74) is -0.663. The fourth-order valence-corrected chi connectivity index (χ4v) is 10.5. The van der Waals surface area contributed by atoms with E-state index in [1.807, 2.05) is 6.92 Å². The predicted octanol–water partition coefficient (Wildman–Crippen LogP) is 4.56. The minimum atomic E-state index is -1.12. The quantitative estimate of drug-likeness (QED) is 0.311. The third-order valence-electron chi connectivity index (χ3n) is 12.7. The third kappa shape index (κ3) is 5.04. The zero-order valence-electron chi connectivity index (χ0n) is 25.7. The molecule has 0 spiro atoms. The Labute approximate surface area is 258 Å². The molecule has 44 heavy (non-hydrogen) atoms. The van der Waals surface area contributed by atoms with Crippen molar-refractivity contribution in [1.82, 2.24) is 0 Å². The Kier molecular flexibility index (Phi) is 8.10. The fraction of sp³-hybridized carbons (Fsp3) is 0.686. The lowest BCUT2D eigenvalue weighted by Crippen LogP contribution is -2.68. The topological polar surface area (TPSA) is 151 Å². The number of esters is 2. The summed E-state index contributed by atoms with van der Waals surface area (Å²) in [6, 6.07) is 6.57. The fourth-order valence-electron chi connectivity index (χ4n) is 10.5. The maximum absolute atomic E-state index is 13.5. The van der Waals surface area contributed by atoms with Crippen LogP contribution < -0.4 is 0 Å². The van der Waals surface area contributed by atoms with Crippen molar-refractivity contribution in [2.45, 2.75) is 102 Å². The van der Waals surface area contributed by atoms with Gasteiger partial charge < -0.3 is 29.9 Å². The summed E-state index contributed by atoms with van der Waals surface area (Å²) < 4.78 is 11.5. The van der Waals surface area contributed by atoms with E-state index in [4.69, 9.17) is 9.47 Å². The van der Waals surface area contributed by atoms with Gasteiger partial charge in [-0.25, -0.2) is 4.79 Å². The van der Waals surface area contributed by atoms with Gasteiger partial charge in [0.15, 0.2) is 0 Å². The van der Waals surface area contributed by atoms with Crippen molar-refractivity contribution in [3.8, 4) is 5.75 Å². The van der Waals surface area contributed by atoms with Crippen molar-refractivity contribution in [3.05, 3.63) is 41.5 Å². The molecule has 1 heterocycles. The van der Waals surface area contributed by atoms with Gasteiger partial charge in [-0.05, 0) is 111 Å². The number of carboxylic acid groups (broad SMARTS) is 1. The van der Waals surface area contributed by atoms with E-state index in [0.717, 1.165) is 36.8 Å². The molecule has 4 fully saturated rings. The summed E-state index contributed by atoms with van der Waals surface area (Å²) in [7, 11) is 0. The highest BCUT2D eigenvalue weighted by atomic mass is 16.5. The number of cyclic esters (lactones) is 1. The van der Waals surface area contributed by atoms with E-state index >= 15 is 0 Å². The van der Waals surface area contributed by atoms with Gasteiger partial charge in [-0.15, -0.1) is 0 Å². The molecule has 6 rings (SSSR count). The molecule has 4 N–H and O–H groups in total.